The van der Waals surface area contributed by atoms with Crippen molar-refractivity contribution in [3.63, 3.8) is 0 Å². The van der Waals surface area contributed by atoms with Crippen molar-refractivity contribution in [3.05, 3.63) is 24.3 Å². The van der Waals surface area contributed by atoms with Crippen molar-refractivity contribution < 1.29 is 23.1 Å². The van der Waals surface area contributed by atoms with E-state index < -0.39 is 16.0 Å². The van der Waals surface area contributed by atoms with Crippen LogP contribution in [-0.2, 0) is 14.8 Å². The fourth-order valence-electron chi connectivity index (χ4n) is 3.06. The molecular formula is C19H30N2O5S. The van der Waals surface area contributed by atoms with Gasteiger partial charge in [-0.05, 0) is 61.9 Å². The Hall–Kier alpha value is -1.64. The molecule has 0 aromatic heterocycles. The van der Waals surface area contributed by atoms with E-state index in [0.29, 0.717) is 37.9 Å². The van der Waals surface area contributed by atoms with E-state index in [9.17, 15) is 13.2 Å². The maximum absolute atomic E-state index is 12.9. The number of carbonyl (C=O) groups is 1. The summed E-state index contributed by atoms with van der Waals surface area (Å²) in [5.41, 5.74) is 0. The van der Waals surface area contributed by atoms with Crippen LogP contribution in [0, 0.1) is 11.8 Å². The van der Waals surface area contributed by atoms with E-state index in [1.807, 2.05) is 0 Å². The monoisotopic (exact) mass is 398 g/mol. The van der Waals surface area contributed by atoms with E-state index in [4.69, 9.17) is 9.84 Å². The van der Waals surface area contributed by atoms with Gasteiger partial charge >= 0.3 is 5.97 Å². The molecule has 1 saturated heterocycles. The minimum Gasteiger partial charge on any atom is -0.494 e. The Kier molecular flexibility index (Phi) is 8.07. The van der Waals surface area contributed by atoms with Crippen molar-refractivity contribution in [2.75, 3.05) is 32.8 Å². The molecule has 1 atom stereocenters. The number of benzene rings is 1. The zero-order valence-electron chi connectivity index (χ0n) is 16.1. The van der Waals surface area contributed by atoms with Crippen LogP contribution in [0.25, 0.3) is 0 Å². The molecule has 2 rings (SSSR count). The van der Waals surface area contributed by atoms with Gasteiger partial charge in [0.2, 0.25) is 10.0 Å². The molecule has 0 aliphatic carbocycles. The molecule has 7 nitrogen and oxygen atoms in total. The number of aliphatic carboxylic acids is 1. The average Bonchev–Trinajstić information content (AvgIpc) is 2.62. The van der Waals surface area contributed by atoms with E-state index in [1.54, 1.807) is 24.3 Å². The van der Waals surface area contributed by atoms with Crippen LogP contribution >= 0.6 is 0 Å². The number of hydrogen-bond donors (Lipinski definition) is 2. The second kappa shape index (κ2) is 10.1. The van der Waals surface area contributed by atoms with Crippen LogP contribution in [0.2, 0.25) is 0 Å². The molecule has 1 unspecified atom stereocenters. The van der Waals surface area contributed by atoms with Gasteiger partial charge in [-0.3, -0.25) is 4.79 Å². The highest BCUT2D eigenvalue weighted by atomic mass is 32.2. The van der Waals surface area contributed by atoms with Crippen LogP contribution in [0.3, 0.4) is 0 Å². The Labute approximate surface area is 161 Å². The van der Waals surface area contributed by atoms with Crippen LogP contribution in [0.1, 0.15) is 33.1 Å². The van der Waals surface area contributed by atoms with Crippen molar-refractivity contribution in [2.45, 2.75) is 38.0 Å². The van der Waals surface area contributed by atoms with Crippen molar-refractivity contribution in [1.29, 1.82) is 0 Å². The number of carboxylic acid groups (broad SMARTS) is 1. The van der Waals surface area contributed by atoms with Crippen molar-refractivity contribution in [3.8, 4) is 5.75 Å². The largest absolute Gasteiger partial charge is 0.494 e. The number of nitrogens with one attached hydrogen (secondary N) is 1. The summed E-state index contributed by atoms with van der Waals surface area (Å²) in [5, 5.41) is 11.6. The predicted octanol–water partition coefficient (Wildman–Crippen LogP) is 2.19. The molecule has 1 fully saturated rings. The maximum atomic E-state index is 12.9. The topological polar surface area (TPSA) is 95.9 Å². The minimum atomic E-state index is -3.55. The summed E-state index contributed by atoms with van der Waals surface area (Å²) in [6, 6.07) is 6.57. The third-order valence-corrected chi connectivity index (χ3v) is 6.50. The summed E-state index contributed by atoms with van der Waals surface area (Å²) in [6.07, 6.45) is 2.61. The summed E-state index contributed by atoms with van der Waals surface area (Å²) < 4.78 is 32.9. The molecule has 1 aliphatic rings. The smallest absolute Gasteiger partial charge is 0.317 e. The highest BCUT2D eigenvalue weighted by molar-refractivity contribution is 7.89. The molecule has 152 valence electrons. The Morgan fingerprint density at radius 3 is 2.67 bits per heavy atom. The van der Waals surface area contributed by atoms with Gasteiger partial charge in [0, 0.05) is 13.1 Å². The van der Waals surface area contributed by atoms with Gasteiger partial charge in [0.15, 0.2) is 0 Å². The molecule has 0 saturated carbocycles. The van der Waals surface area contributed by atoms with Gasteiger partial charge in [-0.25, -0.2) is 8.42 Å². The SMILES string of the molecule is CC(C)CCOc1ccc(S(=O)(=O)N2CCCC(CNCC(=O)O)C2)cc1. The van der Waals surface area contributed by atoms with Gasteiger partial charge in [0.25, 0.3) is 0 Å². The summed E-state index contributed by atoms with van der Waals surface area (Å²) in [4.78, 5) is 10.9. The lowest BCUT2D eigenvalue weighted by Crippen LogP contribution is -2.43. The number of piperidine rings is 1. The molecule has 1 aliphatic heterocycles. The molecule has 8 heteroatoms. The molecule has 1 aromatic rings. The van der Waals surface area contributed by atoms with Crippen molar-refractivity contribution in [1.82, 2.24) is 9.62 Å². The highest BCUT2D eigenvalue weighted by Gasteiger charge is 2.30. The standard InChI is InChI=1S/C19H30N2O5S/c1-15(2)9-11-26-17-5-7-18(8-6-17)27(24,25)21-10-3-4-16(14-21)12-20-13-19(22)23/h5-8,15-16,20H,3-4,9-14H2,1-2H3,(H,22,23). The Morgan fingerprint density at radius 2 is 2.04 bits per heavy atom. The van der Waals surface area contributed by atoms with Crippen molar-refractivity contribution in [2.24, 2.45) is 11.8 Å². The molecule has 0 spiro atoms. The maximum Gasteiger partial charge on any atom is 0.317 e. The van der Waals surface area contributed by atoms with Crippen LogP contribution in [0.5, 0.6) is 5.75 Å². The van der Waals surface area contributed by atoms with Crippen LogP contribution in [0.15, 0.2) is 29.2 Å². The number of ether oxygens (including phenoxy) is 1. The van der Waals surface area contributed by atoms with E-state index in [1.165, 1.54) is 4.31 Å². The first-order chi connectivity index (χ1) is 12.8. The first-order valence-electron chi connectivity index (χ1n) is 9.44. The second-order valence-electron chi connectivity index (χ2n) is 7.40. The van der Waals surface area contributed by atoms with Gasteiger partial charge in [0.05, 0.1) is 18.0 Å². The van der Waals surface area contributed by atoms with E-state index >= 15 is 0 Å². The number of rotatable bonds is 10. The van der Waals surface area contributed by atoms with Gasteiger partial charge in [-0.15, -0.1) is 0 Å². The van der Waals surface area contributed by atoms with Crippen LogP contribution < -0.4 is 10.1 Å². The van der Waals surface area contributed by atoms with Gasteiger partial charge in [-0.2, -0.15) is 4.31 Å². The van der Waals surface area contributed by atoms with E-state index in [-0.39, 0.29) is 17.4 Å². The zero-order valence-corrected chi connectivity index (χ0v) is 16.9. The molecule has 2 N–H and O–H groups in total. The first-order valence-corrected chi connectivity index (χ1v) is 10.9. The zero-order chi connectivity index (χ0) is 19.9. The summed E-state index contributed by atoms with van der Waals surface area (Å²) in [7, 11) is -3.55. The number of carboxylic acids is 1. The fraction of sp³-hybridized carbons (Fsp3) is 0.632. The van der Waals surface area contributed by atoms with E-state index in [0.717, 1.165) is 19.3 Å². The average molecular weight is 399 g/mol. The Bertz CT molecular complexity index is 703. The lowest BCUT2D eigenvalue weighted by Gasteiger charge is -2.32. The third-order valence-electron chi connectivity index (χ3n) is 4.62. The quantitative estimate of drug-likeness (QED) is 0.627. The molecule has 1 aromatic carbocycles. The number of hydrogen-bond acceptors (Lipinski definition) is 5. The molecule has 0 bridgehead atoms. The summed E-state index contributed by atoms with van der Waals surface area (Å²) in [5.74, 6) is 0.434. The third kappa shape index (κ3) is 6.79. The van der Waals surface area contributed by atoms with E-state index in [2.05, 4.69) is 19.2 Å². The lowest BCUT2D eigenvalue weighted by molar-refractivity contribution is -0.136. The molecule has 1 heterocycles. The molecule has 0 amide bonds. The lowest BCUT2D eigenvalue weighted by atomic mass is 10.00. The van der Waals surface area contributed by atoms with Gasteiger partial charge in [-0.1, -0.05) is 13.8 Å². The highest BCUT2D eigenvalue weighted by Crippen LogP contribution is 2.25. The first kappa shape index (κ1) is 21.7. The molecular weight excluding hydrogens is 368 g/mol. The molecule has 27 heavy (non-hydrogen) atoms. The minimum absolute atomic E-state index is 0.110. The summed E-state index contributed by atoms with van der Waals surface area (Å²) in [6.45, 7) is 6.15. The number of nitrogens with zero attached hydrogens (tertiary/aromatic N) is 1. The predicted molar refractivity (Wildman–Crippen MR) is 103 cm³/mol. The van der Waals surface area contributed by atoms with Gasteiger partial charge < -0.3 is 15.2 Å². The Balaban J connectivity index is 1.94. The van der Waals surface area contributed by atoms with Gasteiger partial charge in [0.1, 0.15) is 5.75 Å². The fourth-order valence-corrected chi connectivity index (χ4v) is 4.62. The van der Waals surface area contributed by atoms with Crippen LogP contribution in [0.4, 0.5) is 0 Å². The second-order valence-corrected chi connectivity index (χ2v) is 9.34. The summed E-state index contributed by atoms with van der Waals surface area (Å²) >= 11 is 0. The van der Waals surface area contributed by atoms with Crippen molar-refractivity contribution >= 4 is 16.0 Å². The Morgan fingerprint density at radius 1 is 1.33 bits per heavy atom. The normalized spacial score (nSPS) is 18.6. The number of sulfonamides is 1. The molecule has 0 radical (unpaired) electrons. The van der Waals surface area contributed by atoms with Crippen LogP contribution in [-0.4, -0.2) is 56.6 Å².